The highest BCUT2D eigenvalue weighted by Gasteiger charge is 2.29. The third-order valence-electron chi connectivity index (χ3n) is 7.99. The number of ether oxygens (including phenoxy) is 1. The van der Waals surface area contributed by atoms with E-state index in [-0.39, 0.29) is 36.6 Å². The topological polar surface area (TPSA) is 71.3 Å². The minimum absolute atomic E-state index is 0.00773. The normalized spacial score (nSPS) is 17.0. The fourth-order valence-corrected chi connectivity index (χ4v) is 7.25. The lowest BCUT2D eigenvalue weighted by molar-refractivity contribution is -0.132. The number of rotatable bonds is 10. The molecule has 0 saturated carbocycles. The number of nitrogens with zero attached hydrogens (tertiary/aromatic N) is 3. The van der Waals surface area contributed by atoms with E-state index in [0.29, 0.717) is 43.7 Å². The molecule has 3 heterocycles. The van der Waals surface area contributed by atoms with E-state index in [2.05, 4.69) is 9.74 Å². The summed E-state index contributed by atoms with van der Waals surface area (Å²) in [6, 6.07) is 13.6. The van der Waals surface area contributed by atoms with Gasteiger partial charge >= 0.3 is 0 Å². The van der Waals surface area contributed by atoms with Crippen LogP contribution >= 0.6 is 11.3 Å². The van der Waals surface area contributed by atoms with Crippen LogP contribution in [0.3, 0.4) is 0 Å². The predicted molar refractivity (Wildman–Crippen MR) is 166 cm³/mol. The zero-order chi connectivity index (χ0) is 29.6. The molecule has 1 amide bonds. The fourth-order valence-electron chi connectivity index (χ4n) is 5.94. The first-order chi connectivity index (χ1) is 20.3. The molecule has 1 atom stereocenters. The van der Waals surface area contributed by atoms with E-state index >= 15 is 0 Å². The number of carbonyl (C=O) groups is 3. The average Bonchev–Trinajstić information content (AvgIpc) is 3.34. The number of ketones is 2. The first-order valence-corrected chi connectivity index (χ1v) is 15.4. The van der Waals surface area contributed by atoms with E-state index in [9.17, 15) is 14.4 Å². The number of allylic oxidation sites excluding steroid dienone is 1. The van der Waals surface area contributed by atoms with E-state index in [0.717, 1.165) is 57.6 Å². The molecule has 8 heteroatoms. The summed E-state index contributed by atoms with van der Waals surface area (Å²) in [5.41, 5.74) is 3.24. The van der Waals surface area contributed by atoms with Crippen LogP contribution in [0.4, 0.5) is 5.69 Å². The van der Waals surface area contributed by atoms with Gasteiger partial charge in [0.05, 0.1) is 19.2 Å². The van der Waals surface area contributed by atoms with Crippen LogP contribution in [0.2, 0.25) is 0 Å². The van der Waals surface area contributed by atoms with E-state index in [4.69, 9.17) is 11.3 Å². The second-order valence-corrected chi connectivity index (χ2v) is 12.6. The molecule has 3 aromatic rings. The third kappa shape index (κ3) is 7.04. The molecule has 0 radical (unpaired) electrons. The molecular formula is C34H37N3O4S. The summed E-state index contributed by atoms with van der Waals surface area (Å²) in [5.74, 6) is 0.102. The van der Waals surface area contributed by atoms with Gasteiger partial charge in [0.25, 0.3) is 0 Å². The van der Waals surface area contributed by atoms with Crippen molar-refractivity contribution in [1.29, 1.82) is 0 Å². The highest BCUT2D eigenvalue weighted by Crippen LogP contribution is 2.40. The quantitative estimate of drug-likeness (QED) is 0.162. The van der Waals surface area contributed by atoms with Crippen molar-refractivity contribution < 1.29 is 19.1 Å². The number of thiophene rings is 1. The second-order valence-electron chi connectivity index (χ2n) is 11.4. The number of fused-ring (bicyclic) bond motifs is 2. The van der Waals surface area contributed by atoms with E-state index in [1.54, 1.807) is 6.08 Å². The van der Waals surface area contributed by atoms with Gasteiger partial charge < -0.3 is 14.5 Å². The molecule has 0 aliphatic carbocycles. The third-order valence-corrected chi connectivity index (χ3v) is 9.20. The Bertz CT molecular complexity index is 1560. The number of Topliss-reactive ketones (excluding diaryl/α,β-unsaturated/α-hetero) is 1. The minimum atomic E-state index is -0.0113. The van der Waals surface area contributed by atoms with E-state index in [1.807, 2.05) is 61.2 Å². The standard InChI is InChI=1S/C34H37N3O4S/c1-23(2)18-25(38)22-41-26-10-7-15-36(20-26)16-14-33(40)37-17-13-29-32(21-37)42-31(34(29)35-3)19-30(39)28-12-6-9-24-8-4-5-11-27(24)28/h4-6,8-9,11-12,18,26H,7,10,13-17,19-22H2,1-2H3. The average molecular weight is 584 g/mol. The van der Waals surface area contributed by atoms with Gasteiger partial charge in [-0.15, -0.1) is 0 Å². The first kappa shape index (κ1) is 29.8. The summed E-state index contributed by atoms with van der Waals surface area (Å²) in [5, 5.41) is 1.95. The molecule has 2 aliphatic heterocycles. The largest absolute Gasteiger partial charge is 0.369 e. The molecule has 1 aromatic heterocycles. The Labute approximate surface area is 251 Å². The van der Waals surface area contributed by atoms with Crippen LogP contribution in [0, 0.1) is 6.57 Å². The summed E-state index contributed by atoms with van der Waals surface area (Å²) in [4.78, 5) is 48.3. The SMILES string of the molecule is [C-]#[N+]c1c(CC(=O)c2cccc3ccccc23)sc2c1CCN(C(=O)CCN1CCCC(OCC(=O)C=C(C)C)C1)C2. The lowest BCUT2D eigenvalue weighted by atomic mass is 9.98. The van der Waals surface area contributed by atoms with Gasteiger partial charge in [-0.25, -0.2) is 4.85 Å². The molecule has 7 nitrogen and oxygen atoms in total. The summed E-state index contributed by atoms with van der Waals surface area (Å²) in [6.45, 7) is 15.1. The van der Waals surface area contributed by atoms with Crippen LogP contribution in [-0.2, 0) is 33.7 Å². The Hall–Kier alpha value is -3.64. The molecule has 2 aliphatic rings. The number of carbonyl (C=O) groups excluding carboxylic acids is 3. The highest BCUT2D eigenvalue weighted by molar-refractivity contribution is 7.13. The van der Waals surface area contributed by atoms with Gasteiger partial charge in [-0.2, -0.15) is 11.3 Å². The molecule has 0 bridgehead atoms. The molecule has 1 unspecified atom stereocenters. The van der Waals surface area contributed by atoms with Crippen molar-refractivity contribution in [2.24, 2.45) is 0 Å². The maximum atomic E-state index is 13.4. The van der Waals surface area contributed by atoms with Gasteiger partial charge in [0.1, 0.15) is 6.61 Å². The number of piperidine rings is 1. The Morgan fingerprint density at radius 3 is 2.74 bits per heavy atom. The van der Waals surface area contributed by atoms with Gasteiger partial charge in [0.15, 0.2) is 11.6 Å². The number of hydrogen-bond donors (Lipinski definition) is 0. The van der Waals surface area contributed by atoms with Crippen molar-refractivity contribution in [2.45, 2.75) is 58.6 Å². The maximum Gasteiger partial charge on any atom is 0.224 e. The van der Waals surface area contributed by atoms with Crippen molar-refractivity contribution in [1.82, 2.24) is 9.80 Å². The summed E-state index contributed by atoms with van der Waals surface area (Å²) in [7, 11) is 0. The second kappa shape index (κ2) is 13.6. The van der Waals surface area contributed by atoms with Crippen LogP contribution in [0.25, 0.3) is 15.6 Å². The number of amides is 1. The molecule has 218 valence electrons. The van der Waals surface area contributed by atoms with Gasteiger partial charge in [-0.3, -0.25) is 14.4 Å². The van der Waals surface area contributed by atoms with Crippen molar-refractivity contribution in [2.75, 3.05) is 32.8 Å². The van der Waals surface area contributed by atoms with Crippen molar-refractivity contribution in [3.8, 4) is 0 Å². The molecular weight excluding hydrogens is 546 g/mol. The first-order valence-electron chi connectivity index (χ1n) is 14.6. The molecule has 0 N–H and O–H groups in total. The zero-order valence-electron chi connectivity index (χ0n) is 24.4. The molecule has 5 rings (SSSR count). The lowest BCUT2D eigenvalue weighted by Crippen LogP contribution is -2.43. The highest BCUT2D eigenvalue weighted by atomic mass is 32.1. The number of likely N-dealkylation sites (tertiary alicyclic amines) is 1. The van der Waals surface area contributed by atoms with Crippen molar-refractivity contribution in [3.05, 3.63) is 86.4 Å². The van der Waals surface area contributed by atoms with Gasteiger partial charge in [-0.1, -0.05) is 48.0 Å². The summed E-state index contributed by atoms with van der Waals surface area (Å²) >= 11 is 1.51. The molecule has 1 saturated heterocycles. The van der Waals surface area contributed by atoms with Crippen LogP contribution < -0.4 is 0 Å². The fraction of sp³-hybridized carbons (Fsp3) is 0.412. The Balaban J connectivity index is 1.17. The van der Waals surface area contributed by atoms with Gasteiger partial charge in [0, 0.05) is 47.8 Å². The Morgan fingerprint density at radius 2 is 1.93 bits per heavy atom. The minimum Gasteiger partial charge on any atom is -0.369 e. The van der Waals surface area contributed by atoms with Gasteiger partial charge in [-0.05, 0) is 62.1 Å². The van der Waals surface area contributed by atoms with E-state index in [1.165, 1.54) is 11.3 Å². The monoisotopic (exact) mass is 583 g/mol. The maximum absolute atomic E-state index is 13.4. The molecule has 0 spiro atoms. The van der Waals surface area contributed by atoms with Crippen molar-refractivity contribution >= 4 is 45.3 Å². The molecule has 2 aromatic carbocycles. The smallest absolute Gasteiger partial charge is 0.224 e. The Kier molecular flexibility index (Phi) is 9.63. The lowest BCUT2D eigenvalue weighted by Gasteiger charge is -2.33. The number of hydrogen-bond acceptors (Lipinski definition) is 6. The van der Waals surface area contributed by atoms with Crippen LogP contribution in [0.15, 0.2) is 54.1 Å². The van der Waals surface area contributed by atoms with Crippen LogP contribution in [0.5, 0.6) is 0 Å². The van der Waals surface area contributed by atoms with Crippen LogP contribution in [0.1, 0.15) is 58.8 Å². The summed E-state index contributed by atoms with van der Waals surface area (Å²) < 4.78 is 5.86. The zero-order valence-corrected chi connectivity index (χ0v) is 25.2. The summed E-state index contributed by atoms with van der Waals surface area (Å²) in [6.07, 6.45) is 4.78. The number of benzene rings is 2. The van der Waals surface area contributed by atoms with Crippen molar-refractivity contribution in [3.63, 3.8) is 0 Å². The van der Waals surface area contributed by atoms with Gasteiger partial charge in [0.2, 0.25) is 11.6 Å². The molecule has 42 heavy (non-hydrogen) atoms. The van der Waals surface area contributed by atoms with E-state index < -0.39 is 0 Å². The molecule has 1 fully saturated rings. The van der Waals surface area contributed by atoms with Crippen LogP contribution in [-0.4, -0.2) is 66.2 Å². The predicted octanol–water partition coefficient (Wildman–Crippen LogP) is 6.17. The Morgan fingerprint density at radius 1 is 1.12 bits per heavy atom.